The molecule has 1 aromatic rings. The van der Waals surface area contributed by atoms with Gasteiger partial charge in [0.1, 0.15) is 0 Å². The number of amides is 2. The van der Waals surface area contributed by atoms with E-state index in [4.69, 9.17) is 11.6 Å². The molecule has 4 nitrogen and oxygen atoms in total. The van der Waals surface area contributed by atoms with Crippen molar-refractivity contribution in [2.24, 2.45) is 35.5 Å². The third kappa shape index (κ3) is 1.80. The number of imide groups is 1. The van der Waals surface area contributed by atoms with Crippen LogP contribution in [0.2, 0.25) is 5.02 Å². The molecule has 6 rings (SSSR count). The second kappa shape index (κ2) is 4.85. The van der Waals surface area contributed by atoms with Gasteiger partial charge in [0.15, 0.2) is 0 Å². The van der Waals surface area contributed by atoms with Crippen molar-refractivity contribution >= 4 is 29.1 Å². The Balaban J connectivity index is 1.38. The van der Waals surface area contributed by atoms with E-state index in [9.17, 15) is 9.59 Å². The molecule has 2 saturated carbocycles. The van der Waals surface area contributed by atoms with E-state index in [2.05, 4.69) is 17.5 Å². The number of anilines is 1. The monoisotopic (exact) mass is 342 g/mol. The van der Waals surface area contributed by atoms with Gasteiger partial charge in [0, 0.05) is 10.7 Å². The van der Waals surface area contributed by atoms with E-state index in [0.29, 0.717) is 16.9 Å². The molecule has 1 heterocycles. The average molecular weight is 343 g/mol. The van der Waals surface area contributed by atoms with Crippen molar-refractivity contribution in [3.8, 4) is 0 Å². The zero-order valence-corrected chi connectivity index (χ0v) is 14.2. The Hall–Kier alpha value is -1.81. The van der Waals surface area contributed by atoms with Gasteiger partial charge in [-0.05, 0) is 54.7 Å². The standard InChI is InChI=1S/C19H19ClN2O2/c1-9-14(20)3-2-4-15(9)21-8-22-18(23)16-10-5-6-11(13-7-12(10)13)17(16)19(22)24/h2-6,10-13,16-17,21H,7-8H2,1H3/t10-,11-,12+,13+,16-,17-/m1/s1. The van der Waals surface area contributed by atoms with Crippen LogP contribution in [0.5, 0.6) is 0 Å². The van der Waals surface area contributed by atoms with Crippen molar-refractivity contribution in [1.82, 2.24) is 4.90 Å². The lowest BCUT2D eigenvalue weighted by molar-refractivity contribution is -0.139. The van der Waals surface area contributed by atoms with Crippen LogP contribution in [0.4, 0.5) is 5.69 Å². The number of hydrogen-bond donors (Lipinski definition) is 1. The summed E-state index contributed by atoms with van der Waals surface area (Å²) >= 11 is 6.14. The van der Waals surface area contributed by atoms with Crippen molar-refractivity contribution < 1.29 is 9.59 Å². The molecular weight excluding hydrogens is 324 g/mol. The van der Waals surface area contributed by atoms with E-state index in [1.54, 1.807) is 0 Å². The number of nitrogens with zero attached hydrogens (tertiary/aromatic N) is 1. The first-order chi connectivity index (χ1) is 11.6. The highest BCUT2D eigenvalue weighted by Gasteiger charge is 2.66. The van der Waals surface area contributed by atoms with Crippen molar-refractivity contribution in [2.45, 2.75) is 13.3 Å². The molecule has 4 aliphatic carbocycles. The molecule has 5 aliphatic rings. The predicted molar refractivity (Wildman–Crippen MR) is 91.2 cm³/mol. The largest absolute Gasteiger partial charge is 0.367 e. The van der Waals surface area contributed by atoms with Crippen LogP contribution in [0.1, 0.15) is 12.0 Å². The molecule has 0 spiro atoms. The van der Waals surface area contributed by atoms with Gasteiger partial charge in [-0.1, -0.05) is 29.8 Å². The smallest absolute Gasteiger partial charge is 0.235 e. The van der Waals surface area contributed by atoms with E-state index < -0.39 is 0 Å². The fourth-order valence-corrected chi connectivity index (χ4v) is 5.31. The molecule has 2 bridgehead atoms. The first-order valence-corrected chi connectivity index (χ1v) is 8.98. The molecule has 0 radical (unpaired) electrons. The zero-order valence-electron chi connectivity index (χ0n) is 13.4. The van der Waals surface area contributed by atoms with Crippen LogP contribution in [0.15, 0.2) is 30.4 Å². The molecule has 0 aromatic heterocycles. The minimum Gasteiger partial charge on any atom is -0.367 e. The number of halogens is 1. The Bertz CT molecular complexity index is 754. The van der Waals surface area contributed by atoms with Crippen LogP contribution in [0.3, 0.4) is 0 Å². The van der Waals surface area contributed by atoms with Gasteiger partial charge < -0.3 is 5.32 Å². The Morgan fingerprint density at radius 2 is 1.75 bits per heavy atom. The van der Waals surface area contributed by atoms with E-state index in [0.717, 1.165) is 11.3 Å². The summed E-state index contributed by atoms with van der Waals surface area (Å²) in [7, 11) is 0. The third-order valence-electron chi connectivity index (χ3n) is 6.45. The highest BCUT2D eigenvalue weighted by atomic mass is 35.5. The Morgan fingerprint density at radius 3 is 2.38 bits per heavy atom. The topological polar surface area (TPSA) is 49.4 Å². The van der Waals surface area contributed by atoms with Gasteiger partial charge >= 0.3 is 0 Å². The number of rotatable bonds is 3. The minimum absolute atomic E-state index is 0.00174. The summed E-state index contributed by atoms with van der Waals surface area (Å²) in [5.41, 5.74) is 1.79. The fourth-order valence-electron chi connectivity index (χ4n) is 5.14. The van der Waals surface area contributed by atoms with Crippen LogP contribution in [0.25, 0.3) is 0 Å². The molecule has 1 aliphatic heterocycles. The number of carbonyl (C=O) groups excluding carboxylic acids is 2. The second-order valence-electron chi connectivity index (χ2n) is 7.51. The SMILES string of the molecule is Cc1c(Cl)cccc1NCN1C(=O)[C@@H]2[C@@H]3C=C[C@H]([C@@H]4C[C@@H]34)[C@H]2C1=O. The number of likely N-dealkylation sites (tertiary alicyclic amines) is 1. The van der Waals surface area contributed by atoms with Gasteiger partial charge in [0.2, 0.25) is 11.8 Å². The lowest BCUT2D eigenvalue weighted by Crippen LogP contribution is -2.40. The van der Waals surface area contributed by atoms with Crippen LogP contribution in [-0.2, 0) is 9.59 Å². The first kappa shape index (κ1) is 14.5. The van der Waals surface area contributed by atoms with Crippen molar-refractivity contribution in [1.29, 1.82) is 0 Å². The number of benzene rings is 1. The van der Waals surface area contributed by atoms with E-state index in [1.807, 2.05) is 25.1 Å². The minimum atomic E-state index is -0.126. The maximum atomic E-state index is 12.9. The molecule has 124 valence electrons. The second-order valence-corrected chi connectivity index (χ2v) is 7.91. The molecule has 0 unspecified atom stereocenters. The molecule has 2 amide bonds. The predicted octanol–water partition coefficient (Wildman–Crippen LogP) is 3.07. The Kier molecular flexibility index (Phi) is 2.94. The van der Waals surface area contributed by atoms with Crippen molar-refractivity contribution in [3.63, 3.8) is 0 Å². The third-order valence-corrected chi connectivity index (χ3v) is 6.86. The average Bonchev–Trinajstić information content (AvgIpc) is 3.35. The quantitative estimate of drug-likeness (QED) is 0.678. The normalized spacial score (nSPS) is 38.3. The maximum Gasteiger partial charge on any atom is 0.235 e. The molecule has 1 N–H and O–H groups in total. The summed E-state index contributed by atoms with van der Waals surface area (Å²) in [4.78, 5) is 27.2. The number of hydrogen-bond acceptors (Lipinski definition) is 3. The Morgan fingerprint density at radius 1 is 1.12 bits per heavy atom. The molecule has 5 heteroatoms. The summed E-state index contributed by atoms with van der Waals surface area (Å²) in [6, 6.07) is 5.61. The van der Waals surface area contributed by atoms with Crippen LogP contribution < -0.4 is 5.32 Å². The fraction of sp³-hybridized carbons (Fsp3) is 0.474. The number of allylic oxidation sites excluding steroid dienone is 2. The van der Waals surface area contributed by atoms with Gasteiger partial charge in [0.05, 0.1) is 18.5 Å². The maximum absolute atomic E-state index is 12.9. The molecule has 1 aromatic carbocycles. The summed E-state index contributed by atoms with van der Waals surface area (Å²) in [6.45, 7) is 2.15. The lowest BCUT2D eigenvalue weighted by Gasteiger charge is -2.37. The number of nitrogens with one attached hydrogen (secondary N) is 1. The molecular formula is C19H19ClN2O2. The van der Waals surface area contributed by atoms with Gasteiger partial charge in [0.25, 0.3) is 0 Å². The summed E-state index contributed by atoms with van der Waals surface area (Å²) < 4.78 is 0. The van der Waals surface area contributed by atoms with Crippen LogP contribution >= 0.6 is 11.6 Å². The van der Waals surface area contributed by atoms with Crippen LogP contribution in [-0.4, -0.2) is 23.4 Å². The van der Waals surface area contributed by atoms with E-state index in [1.165, 1.54) is 11.3 Å². The van der Waals surface area contributed by atoms with Crippen molar-refractivity contribution in [2.75, 3.05) is 12.0 Å². The summed E-state index contributed by atoms with van der Waals surface area (Å²) in [6.07, 6.45) is 5.59. The molecule has 6 atom stereocenters. The molecule has 1 saturated heterocycles. The molecule has 24 heavy (non-hydrogen) atoms. The lowest BCUT2D eigenvalue weighted by atomic mass is 9.63. The van der Waals surface area contributed by atoms with E-state index in [-0.39, 0.29) is 42.2 Å². The van der Waals surface area contributed by atoms with Crippen LogP contribution in [0, 0.1) is 42.4 Å². The summed E-state index contributed by atoms with van der Waals surface area (Å²) in [5.74, 6) is 1.58. The van der Waals surface area contributed by atoms with Gasteiger partial charge in [-0.25, -0.2) is 0 Å². The molecule has 3 fully saturated rings. The van der Waals surface area contributed by atoms with Gasteiger partial charge in [-0.15, -0.1) is 0 Å². The highest BCUT2D eigenvalue weighted by molar-refractivity contribution is 6.31. The summed E-state index contributed by atoms with van der Waals surface area (Å²) in [5, 5.41) is 3.89. The Labute approximate surface area is 145 Å². The van der Waals surface area contributed by atoms with Gasteiger partial charge in [-0.2, -0.15) is 0 Å². The zero-order chi connectivity index (χ0) is 16.6. The van der Waals surface area contributed by atoms with Gasteiger partial charge in [-0.3, -0.25) is 14.5 Å². The van der Waals surface area contributed by atoms with E-state index >= 15 is 0 Å². The van der Waals surface area contributed by atoms with Crippen molar-refractivity contribution in [3.05, 3.63) is 40.9 Å². The number of carbonyl (C=O) groups is 2. The highest BCUT2D eigenvalue weighted by Crippen LogP contribution is 2.65. The first-order valence-electron chi connectivity index (χ1n) is 8.60.